The first-order valence-corrected chi connectivity index (χ1v) is 10.6. The molecule has 0 saturated heterocycles. The van der Waals surface area contributed by atoms with Crippen LogP contribution in [0.3, 0.4) is 0 Å². The summed E-state index contributed by atoms with van der Waals surface area (Å²) in [7, 11) is 0. The molecule has 3 aromatic heterocycles. The molecule has 0 fully saturated rings. The van der Waals surface area contributed by atoms with Crippen LogP contribution in [0.25, 0.3) is 15.9 Å². The molecule has 0 atom stereocenters. The second-order valence-electron chi connectivity index (χ2n) is 7.12. The zero-order valence-corrected chi connectivity index (χ0v) is 18.1. The topological polar surface area (TPSA) is 142 Å². The van der Waals surface area contributed by atoms with Crippen molar-refractivity contribution in [1.29, 1.82) is 0 Å². The molecule has 0 aliphatic rings. The minimum atomic E-state index is -0.761. The van der Waals surface area contributed by atoms with Crippen molar-refractivity contribution >= 4 is 33.4 Å². The Labute approximate surface area is 185 Å². The molecule has 2 amide bonds. The summed E-state index contributed by atoms with van der Waals surface area (Å²) in [6.07, 6.45) is 1.48. The predicted octanol–water partition coefficient (Wildman–Crippen LogP) is 1.89. The van der Waals surface area contributed by atoms with Gasteiger partial charge in [-0.2, -0.15) is 5.10 Å². The molecular formula is C21H20N6O4S. The van der Waals surface area contributed by atoms with Crippen LogP contribution in [-0.4, -0.2) is 36.7 Å². The van der Waals surface area contributed by atoms with Gasteiger partial charge in [-0.25, -0.2) is 9.67 Å². The molecule has 0 aliphatic carbocycles. The smallest absolute Gasteiger partial charge is 0.294 e. The number of aromatic hydroxyl groups is 1. The van der Waals surface area contributed by atoms with Crippen molar-refractivity contribution in [3.8, 4) is 11.4 Å². The van der Waals surface area contributed by atoms with Gasteiger partial charge in [0, 0.05) is 17.7 Å². The fourth-order valence-electron chi connectivity index (χ4n) is 3.14. The van der Waals surface area contributed by atoms with E-state index in [4.69, 9.17) is 0 Å². The Hall–Kier alpha value is -3.99. The van der Waals surface area contributed by atoms with Gasteiger partial charge in [-0.15, -0.1) is 11.3 Å². The average Bonchev–Trinajstić information content (AvgIpc) is 3.30. The van der Waals surface area contributed by atoms with Crippen LogP contribution in [0, 0.1) is 13.8 Å². The Kier molecular flexibility index (Phi) is 5.73. The molecule has 10 nitrogen and oxygen atoms in total. The summed E-state index contributed by atoms with van der Waals surface area (Å²) >= 11 is 1.43. The molecule has 0 saturated carbocycles. The number of hydrazine groups is 1. The van der Waals surface area contributed by atoms with Crippen molar-refractivity contribution in [2.75, 3.05) is 0 Å². The summed E-state index contributed by atoms with van der Waals surface area (Å²) in [5, 5.41) is 14.6. The van der Waals surface area contributed by atoms with Crippen LogP contribution in [0.1, 0.15) is 33.2 Å². The maximum Gasteiger partial charge on any atom is 0.294 e. The summed E-state index contributed by atoms with van der Waals surface area (Å²) in [6.45, 7) is 3.80. The second kappa shape index (κ2) is 8.63. The first-order chi connectivity index (χ1) is 15.3. The summed E-state index contributed by atoms with van der Waals surface area (Å²) in [4.78, 5) is 45.5. The Morgan fingerprint density at radius 2 is 1.94 bits per heavy atom. The number of amides is 2. The number of aromatic nitrogens is 4. The molecule has 4 N–H and O–H groups in total. The molecule has 0 bridgehead atoms. The SMILES string of the molecule is Cc1sc2nc(CCC(=O)NNC(=O)c3nn(-c4ccccc4)cc3O)[nH]c(=O)c2c1C. The lowest BCUT2D eigenvalue weighted by atomic mass is 10.2. The van der Waals surface area contributed by atoms with Gasteiger partial charge < -0.3 is 10.1 Å². The Morgan fingerprint density at radius 1 is 1.19 bits per heavy atom. The van der Waals surface area contributed by atoms with E-state index in [1.165, 1.54) is 22.2 Å². The van der Waals surface area contributed by atoms with Crippen LogP contribution in [0.2, 0.25) is 0 Å². The highest BCUT2D eigenvalue weighted by Crippen LogP contribution is 2.25. The van der Waals surface area contributed by atoms with Crippen molar-refractivity contribution in [2.45, 2.75) is 26.7 Å². The number of para-hydroxylation sites is 1. The predicted molar refractivity (Wildman–Crippen MR) is 119 cm³/mol. The zero-order chi connectivity index (χ0) is 22.8. The lowest BCUT2D eigenvalue weighted by molar-refractivity contribution is -0.121. The molecule has 3 heterocycles. The number of carbonyl (C=O) groups excluding carboxylic acids is 2. The number of fused-ring (bicyclic) bond motifs is 1. The van der Waals surface area contributed by atoms with Crippen LogP contribution in [0.15, 0.2) is 41.3 Å². The standard InChI is InChI=1S/C21H20N6O4S/c1-11-12(2)32-21-17(11)19(30)22-15(23-21)8-9-16(29)24-25-20(31)18-14(28)10-27(26-18)13-6-4-3-5-7-13/h3-7,10,28H,8-9H2,1-2H3,(H,24,29)(H,25,31)(H,22,23,30). The van der Waals surface area contributed by atoms with Crippen LogP contribution < -0.4 is 16.4 Å². The van der Waals surface area contributed by atoms with Crippen molar-refractivity contribution in [2.24, 2.45) is 0 Å². The Balaban J connectivity index is 1.35. The molecule has 1 aromatic carbocycles. The number of aromatic amines is 1. The highest BCUT2D eigenvalue weighted by Gasteiger charge is 2.18. The number of aryl methyl sites for hydroxylation is 3. The first kappa shape index (κ1) is 21.2. The minimum Gasteiger partial charge on any atom is -0.504 e. The molecule has 4 rings (SSSR count). The van der Waals surface area contributed by atoms with E-state index >= 15 is 0 Å². The van der Waals surface area contributed by atoms with E-state index in [0.29, 0.717) is 21.7 Å². The third-order valence-electron chi connectivity index (χ3n) is 4.92. The number of nitrogens with zero attached hydrogens (tertiary/aromatic N) is 3. The molecule has 0 aliphatic heterocycles. The molecule has 0 radical (unpaired) electrons. The third kappa shape index (κ3) is 4.23. The van der Waals surface area contributed by atoms with Crippen LogP contribution in [0.4, 0.5) is 0 Å². The number of benzene rings is 1. The lowest BCUT2D eigenvalue weighted by Crippen LogP contribution is -2.42. The largest absolute Gasteiger partial charge is 0.504 e. The molecule has 0 unspecified atom stereocenters. The number of rotatable bonds is 5. The van der Waals surface area contributed by atoms with E-state index in [9.17, 15) is 19.5 Å². The van der Waals surface area contributed by atoms with Gasteiger partial charge in [-0.3, -0.25) is 25.2 Å². The van der Waals surface area contributed by atoms with Crippen LogP contribution >= 0.6 is 11.3 Å². The van der Waals surface area contributed by atoms with Crippen molar-refractivity contribution < 1.29 is 14.7 Å². The van der Waals surface area contributed by atoms with Gasteiger partial charge in [-0.1, -0.05) is 18.2 Å². The lowest BCUT2D eigenvalue weighted by Gasteiger charge is -2.06. The summed E-state index contributed by atoms with van der Waals surface area (Å²) in [5.41, 5.74) is 5.62. The highest BCUT2D eigenvalue weighted by molar-refractivity contribution is 7.18. The summed E-state index contributed by atoms with van der Waals surface area (Å²) in [6, 6.07) is 8.97. The Morgan fingerprint density at radius 3 is 2.69 bits per heavy atom. The molecule has 164 valence electrons. The monoisotopic (exact) mass is 452 g/mol. The van der Waals surface area contributed by atoms with Crippen molar-refractivity contribution in [1.82, 2.24) is 30.6 Å². The van der Waals surface area contributed by atoms with Gasteiger partial charge in [0.05, 0.1) is 17.3 Å². The number of H-pyrrole nitrogens is 1. The number of carbonyl (C=O) groups is 2. The quantitative estimate of drug-likeness (QED) is 0.341. The van der Waals surface area contributed by atoms with Gasteiger partial charge in [0.2, 0.25) is 5.91 Å². The van der Waals surface area contributed by atoms with Crippen LogP contribution in [-0.2, 0) is 11.2 Å². The number of thiophene rings is 1. The van der Waals surface area contributed by atoms with Gasteiger partial charge >= 0.3 is 0 Å². The normalized spacial score (nSPS) is 10.9. The Bertz CT molecular complexity index is 1370. The minimum absolute atomic E-state index is 0.0114. The molecule has 4 aromatic rings. The third-order valence-corrected chi connectivity index (χ3v) is 6.02. The fourth-order valence-corrected chi connectivity index (χ4v) is 4.19. The van der Waals surface area contributed by atoms with Gasteiger partial charge in [0.15, 0.2) is 11.4 Å². The van der Waals surface area contributed by atoms with Crippen LogP contribution in [0.5, 0.6) is 5.75 Å². The highest BCUT2D eigenvalue weighted by atomic mass is 32.1. The number of nitrogens with one attached hydrogen (secondary N) is 3. The second-order valence-corrected chi connectivity index (χ2v) is 8.32. The fraction of sp³-hybridized carbons (Fsp3) is 0.190. The maximum absolute atomic E-state index is 12.3. The first-order valence-electron chi connectivity index (χ1n) is 9.75. The van der Waals surface area contributed by atoms with E-state index in [2.05, 4.69) is 25.9 Å². The summed E-state index contributed by atoms with van der Waals surface area (Å²) in [5.74, 6) is -1.17. The van der Waals surface area contributed by atoms with E-state index in [1.807, 2.05) is 19.9 Å². The van der Waals surface area contributed by atoms with E-state index in [-0.39, 0.29) is 29.8 Å². The van der Waals surface area contributed by atoms with Crippen molar-refractivity contribution in [3.63, 3.8) is 0 Å². The average molecular weight is 452 g/mol. The van der Waals surface area contributed by atoms with E-state index in [0.717, 1.165) is 10.4 Å². The summed E-state index contributed by atoms with van der Waals surface area (Å²) < 4.78 is 1.36. The zero-order valence-electron chi connectivity index (χ0n) is 17.3. The van der Waals surface area contributed by atoms with E-state index in [1.54, 1.807) is 24.3 Å². The van der Waals surface area contributed by atoms with Gasteiger partial charge in [0.1, 0.15) is 10.7 Å². The van der Waals surface area contributed by atoms with Gasteiger partial charge in [0.25, 0.3) is 11.5 Å². The van der Waals surface area contributed by atoms with E-state index < -0.39 is 11.8 Å². The molecule has 0 spiro atoms. The number of hydrogen-bond donors (Lipinski definition) is 4. The molecule has 11 heteroatoms. The number of hydrogen-bond acceptors (Lipinski definition) is 7. The molecular weight excluding hydrogens is 432 g/mol. The van der Waals surface area contributed by atoms with Gasteiger partial charge in [-0.05, 0) is 31.5 Å². The maximum atomic E-state index is 12.3. The molecule has 32 heavy (non-hydrogen) atoms. The van der Waals surface area contributed by atoms with Crippen molar-refractivity contribution in [3.05, 3.63) is 68.8 Å².